The van der Waals surface area contributed by atoms with E-state index in [2.05, 4.69) is 15.4 Å². The van der Waals surface area contributed by atoms with Crippen LogP contribution in [0.5, 0.6) is 5.75 Å². The molecule has 0 aliphatic heterocycles. The lowest BCUT2D eigenvalue weighted by Crippen LogP contribution is -2.22. The van der Waals surface area contributed by atoms with Crippen LogP contribution < -0.4 is 10.1 Å². The number of benzene rings is 2. The highest BCUT2D eigenvalue weighted by Crippen LogP contribution is 2.29. The van der Waals surface area contributed by atoms with Gasteiger partial charge in [0.15, 0.2) is 6.61 Å². The summed E-state index contributed by atoms with van der Waals surface area (Å²) in [5.41, 5.74) is 1.63. The van der Waals surface area contributed by atoms with Crippen LogP contribution >= 0.6 is 23.2 Å². The lowest BCUT2D eigenvalue weighted by atomic mass is 10.2. The molecule has 0 saturated heterocycles. The van der Waals surface area contributed by atoms with E-state index in [9.17, 15) is 4.79 Å². The second-order valence-corrected chi connectivity index (χ2v) is 7.13. The summed E-state index contributed by atoms with van der Waals surface area (Å²) in [6.45, 7) is 0.339. The van der Waals surface area contributed by atoms with E-state index >= 15 is 0 Å². The van der Waals surface area contributed by atoms with Gasteiger partial charge in [0.05, 0.1) is 17.8 Å². The molecule has 1 N–H and O–H groups in total. The smallest absolute Gasteiger partial charge is 0.263 e. The number of nitrogens with zero attached hydrogens (tertiary/aromatic N) is 3. The molecule has 2 heterocycles. The van der Waals surface area contributed by atoms with Crippen LogP contribution in [0, 0.1) is 0 Å². The molecule has 1 amide bonds. The molecular formula is C21H16Cl2N4O2. The fourth-order valence-electron chi connectivity index (χ4n) is 2.88. The molecule has 0 atom stereocenters. The quantitative estimate of drug-likeness (QED) is 0.480. The SMILES string of the molecule is O=C(COc1ccc(Cl)c2cccnc12)Nc1ccnn1Cc1ccc(Cl)cc1. The molecule has 0 bridgehead atoms. The van der Waals surface area contributed by atoms with Crippen molar-refractivity contribution in [2.45, 2.75) is 6.54 Å². The van der Waals surface area contributed by atoms with Gasteiger partial charge < -0.3 is 10.1 Å². The second kappa shape index (κ2) is 8.51. The largest absolute Gasteiger partial charge is 0.481 e. The standard InChI is InChI=1S/C21H16Cl2N4O2/c22-15-5-3-14(4-6-15)12-27-19(9-11-25-27)26-20(28)13-29-18-8-7-17(23)16-2-1-10-24-21(16)18/h1-11H,12-13H2,(H,26,28). The van der Waals surface area contributed by atoms with Crippen LogP contribution in [0.1, 0.15) is 5.56 Å². The zero-order valence-corrected chi connectivity index (χ0v) is 16.7. The number of carbonyl (C=O) groups is 1. The third kappa shape index (κ3) is 4.50. The van der Waals surface area contributed by atoms with E-state index in [0.29, 0.717) is 33.7 Å². The third-order valence-corrected chi connectivity index (χ3v) is 4.85. The highest BCUT2D eigenvalue weighted by atomic mass is 35.5. The van der Waals surface area contributed by atoms with E-state index in [1.54, 1.807) is 41.3 Å². The summed E-state index contributed by atoms with van der Waals surface area (Å²) in [4.78, 5) is 16.7. The number of hydrogen-bond donors (Lipinski definition) is 1. The van der Waals surface area contributed by atoms with E-state index in [0.717, 1.165) is 10.9 Å². The number of halogens is 2. The summed E-state index contributed by atoms with van der Waals surface area (Å²) in [6.07, 6.45) is 3.28. The van der Waals surface area contributed by atoms with Gasteiger partial charge in [-0.3, -0.25) is 9.78 Å². The first-order valence-electron chi connectivity index (χ1n) is 8.82. The van der Waals surface area contributed by atoms with Gasteiger partial charge in [-0.2, -0.15) is 5.10 Å². The van der Waals surface area contributed by atoms with Crippen LogP contribution in [0.15, 0.2) is 67.0 Å². The molecule has 29 heavy (non-hydrogen) atoms. The van der Waals surface area contributed by atoms with Gasteiger partial charge in [-0.25, -0.2) is 4.68 Å². The van der Waals surface area contributed by atoms with Crippen molar-refractivity contribution < 1.29 is 9.53 Å². The van der Waals surface area contributed by atoms with Crippen molar-refractivity contribution in [1.29, 1.82) is 0 Å². The Morgan fingerprint density at radius 1 is 1.03 bits per heavy atom. The maximum atomic E-state index is 12.4. The van der Waals surface area contributed by atoms with Gasteiger partial charge in [-0.1, -0.05) is 35.3 Å². The van der Waals surface area contributed by atoms with Crippen molar-refractivity contribution in [3.05, 3.63) is 82.6 Å². The minimum absolute atomic E-state index is 0.167. The summed E-state index contributed by atoms with van der Waals surface area (Å²) in [5.74, 6) is 0.768. The Hall–Kier alpha value is -3.09. The Kier molecular flexibility index (Phi) is 5.64. The number of aromatic nitrogens is 3. The molecule has 0 saturated carbocycles. The Morgan fingerprint density at radius 2 is 1.86 bits per heavy atom. The molecule has 6 nitrogen and oxygen atoms in total. The fraction of sp³-hybridized carbons (Fsp3) is 0.0952. The third-order valence-electron chi connectivity index (χ3n) is 4.27. The summed E-state index contributed by atoms with van der Waals surface area (Å²) in [7, 11) is 0. The maximum absolute atomic E-state index is 12.4. The molecule has 8 heteroatoms. The Morgan fingerprint density at radius 3 is 2.69 bits per heavy atom. The molecule has 0 fully saturated rings. The van der Waals surface area contributed by atoms with E-state index in [-0.39, 0.29) is 12.5 Å². The molecule has 2 aromatic carbocycles. The lowest BCUT2D eigenvalue weighted by molar-refractivity contribution is -0.118. The second-order valence-electron chi connectivity index (χ2n) is 6.28. The summed E-state index contributed by atoms with van der Waals surface area (Å²) in [6, 6.07) is 16.3. The predicted molar refractivity (Wildman–Crippen MR) is 114 cm³/mol. The first kappa shape index (κ1) is 19.2. The van der Waals surface area contributed by atoms with Crippen molar-refractivity contribution >= 4 is 45.8 Å². The van der Waals surface area contributed by atoms with Crippen molar-refractivity contribution in [1.82, 2.24) is 14.8 Å². The van der Waals surface area contributed by atoms with Crippen molar-refractivity contribution in [2.75, 3.05) is 11.9 Å². The molecule has 0 aliphatic carbocycles. The molecule has 0 spiro atoms. The van der Waals surface area contributed by atoms with Crippen molar-refractivity contribution in [3.8, 4) is 5.75 Å². The molecule has 2 aromatic heterocycles. The van der Waals surface area contributed by atoms with Crippen LogP contribution in [0.2, 0.25) is 10.0 Å². The molecule has 4 rings (SSSR count). The van der Waals surface area contributed by atoms with E-state index in [1.807, 2.05) is 30.3 Å². The van der Waals surface area contributed by atoms with Crippen LogP contribution in [0.25, 0.3) is 10.9 Å². The van der Waals surface area contributed by atoms with Gasteiger partial charge in [0.25, 0.3) is 5.91 Å². The zero-order chi connectivity index (χ0) is 20.2. The first-order chi connectivity index (χ1) is 14.1. The van der Waals surface area contributed by atoms with Crippen LogP contribution in [-0.4, -0.2) is 27.3 Å². The van der Waals surface area contributed by atoms with Crippen LogP contribution in [-0.2, 0) is 11.3 Å². The number of carbonyl (C=O) groups excluding carboxylic acids is 1. The van der Waals surface area contributed by atoms with Gasteiger partial charge >= 0.3 is 0 Å². The van der Waals surface area contributed by atoms with E-state index < -0.39 is 0 Å². The van der Waals surface area contributed by atoms with Crippen molar-refractivity contribution in [2.24, 2.45) is 0 Å². The van der Waals surface area contributed by atoms with E-state index in [4.69, 9.17) is 27.9 Å². The molecule has 146 valence electrons. The highest BCUT2D eigenvalue weighted by Gasteiger charge is 2.11. The molecule has 0 aliphatic rings. The number of fused-ring (bicyclic) bond motifs is 1. The molecule has 0 unspecified atom stereocenters. The van der Waals surface area contributed by atoms with Crippen molar-refractivity contribution in [3.63, 3.8) is 0 Å². The average molecular weight is 427 g/mol. The van der Waals surface area contributed by atoms with Gasteiger partial charge in [0.1, 0.15) is 17.1 Å². The minimum Gasteiger partial charge on any atom is -0.481 e. The minimum atomic E-state index is -0.304. The Labute approximate surface area is 177 Å². The van der Waals surface area contributed by atoms with Gasteiger partial charge in [-0.05, 0) is 42.0 Å². The zero-order valence-electron chi connectivity index (χ0n) is 15.2. The maximum Gasteiger partial charge on any atom is 0.263 e. The Bertz CT molecular complexity index is 1160. The lowest BCUT2D eigenvalue weighted by Gasteiger charge is -2.11. The topological polar surface area (TPSA) is 69.0 Å². The number of amides is 1. The number of rotatable bonds is 6. The Balaban J connectivity index is 1.42. The molecule has 0 radical (unpaired) electrons. The summed E-state index contributed by atoms with van der Waals surface area (Å²) < 4.78 is 7.37. The summed E-state index contributed by atoms with van der Waals surface area (Å²) in [5, 5.41) is 9.10. The number of pyridine rings is 1. The number of anilines is 1. The van der Waals surface area contributed by atoms with Gasteiger partial charge in [-0.15, -0.1) is 0 Å². The van der Waals surface area contributed by atoms with Crippen LogP contribution in [0.3, 0.4) is 0 Å². The summed E-state index contributed by atoms with van der Waals surface area (Å²) >= 11 is 12.1. The highest BCUT2D eigenvalue weighted by molar-refractivity contribution is 6.35. The normalized spacial score (nSPS) is 10.8. The number of nitrogens with one attached hydrogen (secondary N) is 1. The molecule has 4 aromatic rings. The van der Waals surface area contributed by atoms with Gasteiger partial charge in [0.2, 0.25) is 0 Å². The monoisotopic (exact) mass is 426 g/mol. The van der Waals surface area contributed by atoms with E-state index in [1.165, 1.54) is 0 Å². The first-order valence-corrected chi connectivity index (χ1v) is 9.58. The molecular weight excluding hydrogens is 411 g/mol. The fourth-order valence-corrected chi connectivity index (χ4v) is 3.22. The predicted octanol–water partition coefficient (Wildman–Crippen LogP) is 4.80. The van der Waals surface area contributed by atoms with Gasteiger partial charge in [0, 0.05) is 22.7 Å². The number of hydrogen-bond acceptors (Lipinski definition) is 4. The number of ether oxygens (including phenoxy) is 1. The van der Waals surface area contributed by atoms with Crippen LogP contribution in [0.4, 0.5) is 5.82 Å². The average Bonchev–Trinajstić information content (AvgIpc) is 3.16.